The molecule has 5 heteroatoms. The van der Waals surface area contributed by atoms with Gasteiger partial charge in [0.1, 0.15) is 10.7 Å². The summed E-state index contributed by atoms with van der Waals surface area (Å²) in [6.07, 6.45) is 0.582. The average Bonchev–Trinajstić information content (AvgIpc) is 2.93. The maximum Gasteiger partial charge on any atom is 0.262 e. The van der Waals surface area contributed by atoms with Crippen molar-refractivity contribution in [1.29, 1.82) is 0 Å². The molecule has 1 aromatic carbocycles. The highest BCUT2D eigenvalue weighted by molar-refractivity contribution is 7.12. The number of rotatable bonds is 4. The van der Waals surface area contributed by atoms with Crippen LogP contribution in [-0.4, -0.2) is 19.0 Å². The maximum absolute atomic E-state index is 13.0. The Kier molecular flexibility index (Phi) is 5.50. The molecule has 2 aromatic rings. The lowest BCUT2D eigenvalue weighted by atomic mass is 10.1. The second kappa shape index (κ2) is 7.58. The Morgan fingerprint density at radius 1 is 1.38 bits per heavy atom. The van der Waals surface area contributed by atoms with E-state index in [4.69, 9.17) is 5.73 Å². The number of hydrogen-bond acceptors (Lipinski definition) is 3. The fourth-order valence-corrected chi connectivity index (χ4v) is 2.59. The van der Waals surface area contributed by atoms with E-state index in [1.54, 1.807) is 12.1 Å². The SMILES string of the molecule is NCC#Cc1ccsc1C(=O)NCCc1cccc(F)c1. The topological polar surface area (TPSA) is 55.1 Å². The van der Waals surface area contributed by atoms with Crippen LogP contribution in [0.4, 0.5) is 4.39 Å². The van der Waals surface area contributed by atoms with E-state index in [-0.39, 0.29) is 18.3 Å². The summed E-state index contributed by atoms with van der Waals surface area (Å²) in [6, 6.07) is 8.16. The minimum absolute atomic E-state index is 0.164. The summed E-state index contributed by atoms with van der Waals surface area (Å²) in [5, 5.41) is 4.64. The summed E-state index contributed by atoms with van der Waals surface area (Å²) >= 11 is 1.34. The largest absolute Gasteiger partial charge is 0.351 e. The van der Waals surface area contributed by atoms with Crippen LogP contribution in [-0.2, 0) is 6.42 Å². The number of benzene rings is 1. The van der Waals surface area contributed by atoms with Gasteiger partial charge in [-0.15, -0.1) is 11.3 Å². The molecule has 0 aliphatic rings. The summed E-state index contributed by atoms with van der Waals surface area (Å²) in [5.74, 6) is 5.18. The fraction of sp³-hybridized carbons (Fsp3) is 0.188. The Balaban J connectivity index is 1.92. The van der Waals surface area contributed by atoms with Crippen molar-refractivity contribution in [2.75, 3.05) is 13.1 Å². The Morgan fingerprint density at radius 2 is 2.24 bits per heavy atom. The molecular formula is C16H15FN2OS. The smallest absolute Gasteiger partial charge is 0.262 e. The molecule has 0 radical (unpaired) electrons. The van der Waals surface area contributed by atoms with E-state index >= 15 is 0 Å². The first kappa shape index (κ1) is 15.2. The van der Waals surface area contributed by atoms with Gasteiger partial charge < -0.3 is 11.1 Å². The molecule has 0 unspecified atom stereocenters. The molecule has 0 spiro atoms. The van der Waals surface area contributed by atoms with Crippen LogP contribution in [0.1, 0.15) is 20.8 Å². The molecular weight excluding hydrogens is 287 g/mol. The number of carbonyl (C=O) groups is 1. The summed E-state index contributed by atoms with van der Waals surface area (Å²) in [6.45, 7) is 0.709. The molecule has 3 nitrogen and oxygen atoms in total. The van der Waals surface area contributed by atoms with Crippen LogP contribution >= 0.6 is 11.3 Å². The zero-order valence-corrected chi connectivity index (χ0v) is 12.2. The lowest BCUT2D eigenvalue weighted by molar-refractivity contribution is 0.0958. The van der Waals surface area contributed by atoms with E-state index in [0.29, 0.717) is 23.4 Å². The molecule has 3 N–H and O–H groups in total. The Hall–Kier alpha value is -2.16. The predicted octanol–water partition coefficient (Wildman–Crippen LogP) is 2.17. The normalized spacial score (nSPS) is 9.81. The van der Waals surface area contributed by atoms with Crippen molar-refractivity contribution in [3.05, 3.63) is 57.5 Å². The first-order valence-corrected chi connectivity index (χ1v) is 7.37. The highest BCUT2D eigenvalue weighted by Crippen LogP contribution is 2.15. The highest BCUT2D eigenvalue weighted by atomic mass is 32.1. The fourth-order valence-electron chi connectivity index (χ4n) is 1.82. The zero-order valence-electron chi connectivity index (χ0n) is 11.4. The van der Waals surface area contributed by atoms with Gasteiger partial charge in [0.2, 0.25) is 0 Å². The van der Waals surface area contributed by atoms with Gasteiger partial charge in [-0.3, -0.25) is 4.79 Å². The summed E-state index contributed by atoms with van der Waals surface area (Å²) < 4.78 is 13.0. The molecule has 1 amide bonds. The number of nitrogens with one attached hydrogen (secondary N) is 1. The number of halogens is 1. The lowest BCUT2D eigenvalue weighted by Crippen LogP contribution is -2.25. The average molecular weight is 302 g/mol. The van der Waals surface area contributed by atoms with Gasteiger partial charge in [-0.25, -0.2) is 4.39 Å². The molecule has 108 valence electrons. The van der Waals surface area contributed by atoms with Crippen molar-refractivity contribution in [2.24, 2.45) is 5.73 Å². The van der Waals surface area contributed by atoms with E-state index in [1.807, 2.05) is 11.4 Å². The molecule has 0 aliphatic heterocycles. The van der Waals surface area contributed by atoms with Crippen molar-refractivity contribution in [2.45, 2.75) is 6.42 Å². The number of thiophene rings is 1. The van der Waals surface area contributed by atoms with Crippen LogP contribution in [0.2, 0.25) is 0 Å². The predicted molar refractivity (Wildman–Crippen MR) is 82.7 cm³/mol. The summed E-state index contributed by atoms with van der Waals surface area (Å²) in [4.78, 5) is 12.7. The Morgan fingerprint density at radius 3 is 3.00 bits per heavy atom. The standard InChI is InChI=1S/C16H15FN2OS/c17-14-5-1-3-12(11-14)6-9-19-16(20)15-13(4-2-8-18)7-10-21-15/h1,3,5,7,10-11H,6,8-9,18H2,(H,19,20). The van der Waals surface area contributed by atoms with E-state index < -0.39 is 0 Å². The molecule has 2 rings (SSSR count). The van der Waals surface area contributed by atoms with E-state index in [1.165, 1.54) is 23.5 Å². The molecule has 0 saturated heterocycles. The first-order valence-electron chi connectivity index (χ1n) is 6.50. The Bertz CT molecular complexity index is 685. The van der Waals surface area contributed by atoms with E-state index in [9.17, 15) is 9.18 Å². The second-order valence-corrected chi connectivity index (χ2v) is 5.22. The number of carbonyl (C=O) groups excluding carboxylic acids is 1. The van der Waals surface area contributed by atoms with Crippen molar-refractivity contribution < 1.29 is 9.18 Å². The van der Waals surface area contributed by atoms with Gasteiger partial charge in [-0.1, -0.05) is 24.0 Å². The van der Waals surface area contributed by atoms with Crippen LogP contribution in [0.15, 0.2) is 35.7 Å². The third kappa shape index (κ3) is 4.42. The lowest BCUT2D eigenvalue weighted by Gasteiger charge is -2.04. The zero-order chi connectivity index (χ0) is 15.1. The van der Waals surface area contributed by atoms with Crippen molar-refractivity contribution in [3.8, 4) is 11.8 Å². The third-order valence-corrected chi connectivity index (χ3v) is 3.70. The van der Waals surface area contributed by atoms with Gasteiger partial charge >= 0.3 is 0 Å². The van der Waals surface area contributed by atoms with Crippen molar-refractivity contribution >= 4 is 17.2 Å². The van der Waals surface area contributed by atoms with Gasteiger partial charge in [0.25, 0.3) is 5.91 Å². The van der Waals surface area contributed by atoms with Crippen LogP contribution in [0.5, 0.6) is 0 Å². The quantitative estimate of drug-likeness (QED) is 0.851. The third-order valence-electron chi connectivity index (χ3n) is 2.78. The summed E-state index contributed by atoms with van der Waals surface area (Å²) in [7, 11) is 0. The molecule has 0 saturated carbocycles. The first-order chi connectivity index (χ1) is 10.2. The minimum Gasteiger partial charge on any atom is -0.351 e. The molecule has 0 atom stereocenters. The van der Waals surface area contributed by atoms with E-state index in [2.05, 4.69) is 17.2 Å². The van der Waals surface area contributed by atoms with Gasteiger partial charge in [0, 0.05) is 12.1 Å². The van der Waals surface area contributed by atoms with Crippen molar-refractivity contribution in [3.63, 3.8) is 0 Å². The monoisotopic (exact) mass is 302 g/mol. The van der Waals surface area contributed by atoms with Crippen LogP contribution in [0, 0.1) is 17.7 Å². The van der Waals surface area contributed by atoms with Crippen LogP contribution in [0.3, 0.4) is 0 Å². The van der Waals surface area contributed by atoms with E-state index in [0.717, 1.165) is 5.56 Å². The second-order valence-electron chi connectivity index (χ2n) is 4.31. The highest BCUT2D eigenvalue weighted by Gasteiger charge is 2.11. The maximum atomic E-state index is 13.0. The summed E-state index contributed by atoms with van der Waals surface area (Å²) in [5.41, 5.74) is 6.87. The minimum atomic E-state index is -0.267. The molecule has 0 aliphatic carbocycles. The molecule has 1 heterocycles. The molecule has 0 fully saturated rings. The van der Waals surface area contributed by atoms with Gasteiger partial charge in [0.15, 0.2) is 0 Å². The van der Waals surface area contributed by atoms with Gasteiger partial charge in [-0.2, -0.15) is 0 Å². The van der Waals surface area contributed by atoms with Crippen LogP contribution < -0.4 is 11.1 Å². The van der Waals surface area contributed by atoms with Gasteiger partial charge in [0.05, 0.1) is 6.54 Å². The van der Waals surface area contributed by atoms with Crippen molar-refractivity contribution in [1.82, 2.24) is 5.32 Å². The molecule has 21 heavy (non-hydrogen) atoms. The number of nitrogens with two attached hydrogens (primary N) is 1. The van der Waals surface area contributed by atoms with Crippen LogP contribution in [0.25, 0.3) is 0 Å². The Labute approximate surface area is 127 Å². The molecule has 1 aromatic heterocycles. The van der Waals surface area contributed by atoms with Gasteiger partial charge in [-0.05, 0) is 35.6 Å². The number of hydrogen-bond donors (Lipinski definition) is 2. The number of amides is 1. The molecule has 0 bridgehead atoms.